The number of para-hydroxylation sites is 1. The SMILES string of the molecule is COC(=O)[C@H]1C2CCC(CC2)[C@@H]1Nc1nc(Br)cn(-c2ccccc2)c1=O. The molecule has 1 N–H and O–H groups in total. The number of aromatic nitrogens is 2. The molecule has 3 fully saturated rings. The van der Waals surface area contributed by atoms with Crippen LogP contribution in [0.2, 0.25) is 0 Å². The smallest absolute Gasteiger partial charge is 0.311 e. The molecule has 0 unspecified atom stereocenters. The number of halogens is 1. The molecule has 3 saturated carbocycles. The first-order valence-electron chi connectivity index (χ1n) is 9.27. The summed E-state index contributed by atoms with van der Waals surface area (Å²) in [5, 5.41) is 3.32. The Morgan fingerprint density at radius 3 is 2.52 bits per heavy atom. The molecule has 7 heteroatoms. The Hall–Kier alpha value is -2.15. The van der Waals surface area contributed by atoms with Crippen LogP contribution in [0, 0.1) is 17.8 Å². The summed E-state index contributed by atoms with van der Waals surface area (Å²) in [6.45, 7) is 0. The summed E-state index contributed by atoms with van der Waals surface area (Å²) in [4.78, 5) is 29.8. The first-order chi connectivity index (χ1) is 13.1. The monoisotopic (exact) mass is 431 g/mol. The van der Waals surface area contributed by atoms with Crippen LogP contribution in [0.15, 0.2) is 45.9 Å². The van der Waals surface area contributed by atoms with Crippen molar-refractivity contribution in [3.63, 3.8) is 0 Å². The van der Waals surface area contributed by atoms with Crippen LogP contribution in [-0.2, 0) is 9.53 Å². The highest BCUT2D eigenvalue weighted by atomic mass is 79.9. The fraction of sp³-hybridized carbons (Fsp3) is 0.450. The number of benzene rings is 1. The van der Waals surface area contributed by atoms with Crippen molar-refractivity contribution in [1.29, 1.82) is 0 Å². The van der Waals surface area contributed by atoms with Gasteiger partial charge in [0.1, 0.15) is 4.60 Å². The molecule has 1 aromatic heterocycles. The van der Waals surface area contributed by atoms with Gasteiger partial charge in [0.2, 0.25) is 0 Å². The minimum absolute atomic E-state index is 0.122. The number of methoxy groups -OCH3 is 1. The fourth-order valence-electron chi connectivity index (χ4n) is 4.63. The zero-order valence-corrected chi connectivity index (χ0v) is 16.7. The first-order valence-corrected chi connectivity index (χ1v) is 10.1. The van der Waals surface area contributed by atoms with E-state index in [1.54, 1.807) is 10.8 Å². The van der Waals surface area contributed by atoms with Crippen molar-refractivity contribution in [2.75, 3.05) is 12.4 Å². The number of ether oxygens (including phenoxy) is 1. The van der Waals surface area contributed by atoms with E-state index in [2.05, 4.69) is 26.2 Å². The molecule has 6 nitrogen and oxygen atoms in total. The van der Waals surface area contributed by atoms with E-state index in [0.717, 1.165) is 31.4 Å². The number of esters is 1. The highest BCUT2D eigenvalue weighted by Crippen LogP contribution is 2.46. The topological polar surface area (TPSA) is 73.2 Å². The van der Waals surface area contributed by atoms with E-state index in [0.29, 0.717) is 16.4 Å². The van der Waals surface area contributed by atoms with Gasteiger partial charge in [-0.2, -0.15) is 0 Å². The zero-order valence-electron chi connectivity index (χ0n) is 15.1. The molecule has 3 aliphatic rings. The number of carbonyl (C=O) groups is 1. The number of hydrogen-bond donors (Lipinski definition) is 1. The number of nitrogens with one attached hydrogen (secondary N) is 1. The average Bonchev–Trinajstić information content (AvgIpc) is 2.71. The number of hydrogen-bond acceptors (Lipinski definition) is 5. The van der Waals surface area contributed by atoms with Gasteiger partial charge in [-0.3, -0.25) is 14.2 Å². The van der Waals surface area contributed by atoms with Crippen LogP contribution in [0.5, 0.6) is 0 Å². The van der Waals surface area contributed by atoms with Crippen molar-refractivity contribution in [3.8, 4) is 5.69 Å². The quantitative estimate of drug-likeness (QED) is 0.750. The van der Waals surface area contributed by atoms with Crippen LogP contribution >= 0.6 is 15.9 Å². The summed E-state index contributed by atoms with van der Waals surface area (Å²) in [6.07, 6.45) is 5.88. The van der Waals surface area contributed by atoms with E-state index < -0.39 is 0 Å². The second-order valence-corrected chi connectivity index (χ2v) is 8.13. The number of fused-ring (bicyclic) bond motifs is 3. The van der Waals surface area contributed by atoms with Crippen LogP contribution in [0.1, 0.15) is 25.7 Å². The maximum Gasteiger partial charge on any atom is 0.311 e. The summed E-state index contributed by atoms with van der Waals surface area (Å²) >= 11 is 3.41. The minimum atomic E-state index is -0.229. The van der Waals surface area contributed by atoms with E-state index >= 15 is 0 Å². The fourth-order valence-corrected chi connectivity index (χ4v) is 5.01. The normalized spacial score (nSPS) is 26.6. The highest BCUT2D eigenvalue weighted by molar-refractivity contribution is 9.10. The molecule has 2 bridgehead atoms. The molecule has 2 atom stereocenters. The van der Waals surface area contributed by atoms with Crippen molar-refractivity contribution in [2.24, 2.45) is 17.8 Å². The van der Waals surface area contributed by atoms with E-state index in [4.69, 9.17) is 4.74 Å². The molecule has 1 heterocycles. The van der Waals surface area contributed by atoms with Gasteiger partial charge < -0.3 is 10.1 Å². The van der Waals surface area contributed by atoms with E-state index in [9.17, 15) is 9.59 Å². The van der Waals surface area contributed by atoms with Gasteiger partial charge in [-0.1, -0.05) is 18.2 Å². The molecule has 0 amide bonds. The molecule has 27 heavy (non-hydrogen) atoms. The molecule has 3 aliphatic carbocycles. The Morgan fingerprint density at radius 1 is 1.19 bits per heavy atom. The van der Waals surface area contributed by atoms with Crippen molar-refractivity contribution in [3.05, 3.63) is 51.5 Å². The number of rotatable bonds is 4. The zero-order chi connectivity index (χ0) is 19.0. The maximum absolute atomic E-state index is 13.0. The van der Waals surface area contributed by atoms with Gasteiger partial charge in [0.25, 0.3) is 5.56 Å². The predicted octanol–water partition coefficient (Wildman–Crippen LogP) is 3.38. The van der Waals surface area contributed by atoms with Crippen molar-refractivity contribution >= 4 is 27.7 Å². The van der Waals surface area contributed by atoms with E-state index in [1.165, 1.54) is 7.11 Å². The van der Waals surface area contributed by atoms with Crippen LogP contribution in [0.4, 0.5) is 5.82 Å². The average molecular weight is 432 g/mol. The van der Waals surface area contributed by atoms with Crippen LogP contribution in [-0.4, -0.2) is 28.7 Å². The molecule has 0 aliphatic heterocycles. The Kier molecular flexibility index (Phi) is 5.04. The lowest BCUT2D eigenvalue weighted by Crippen LogP contribution is -2.52. The van der Waals surface area contributed by atoms with Gasteiger partial charge >= 0.3 is 5.97 Å². The highest BCUT2D eigenvalue weighted by Gasteiger charge is 2.48. The summed E-state index contributed by atoms with van der Waals surface area (Å²) < 4.78 is 7.19. The summed E-state index contributed by atoms with van der Waals surface area (Å²) in [7, 11) is 1.43. The van der Waals surface area contributed by atoms with Crippen LogP contribution in [0.25, 0.3) is 5.69 Å². The lowest BCUT2D eigenvalue weighted by Gasteiger charge is -2.47. The van der Waals surface area contributed by atoms with Gasteiger partial charge in [0, 0.05) is 17.9 Å². The van der Waals surface area contributed by atoms with Crippen LogP contribution < -0.4 is 10.9 Å². The largest absolute Gasteiger partial charge is 0.469 e. The minimum Gasteiger partial charge on any atom is -0.469 e. The summed E-state index contributed by atoms with van der Waals surface area (Å²) in [5.41, 5.74) is 0.540. The predicted molar refractivity (Wildman–Crippen MR) is 106 cm³/mol. The number of carbonyl (C=O) groups excluding carboxylic acids is 1. The van der Waals surface area contributed by atoms with Gasteiger partial charge in [0.05, 0.1) is 13.0 Å². The van der Waals surface area contributed by atoms with Gasteiger partial charge in [-0.05, 0) is 65.6 Å². The standard InChI is InChI=1S/C20H22BrN3O3/c1-27-20(26)16-12-7-9-13(10-8-12)17(16)23-18-19(25)24(11-15(21)22-18)14-5-3-2-4-6-14/h2-6,11-13,16-17H,7-10H2,1H3,(H,22,23)/t12?,13?,16-,17-/m0/s1. The Balaban J connectivity index is 1.71. The van der Waals surface area contributed by atoms with Crippen molar-refractivity contribution in [2.45, 2.75) is 31.7 Å². The van der Waals surface area contributed by atoms with Gasteiger partial charge in [-0.15, -0.1) is 0 Å². The lowest BCUT2D eigenvalue weighted by molar-refractivity contribution is -0.152. The summed E-state index contributed by atoms with van der Waals surface area (Å²) in [6, 6.07) is 9.30. The van der Waals surface area contributed by atoms with Gasteiger partial charge in [0.15, 0.2) is 5.82 Å². The molecule has 0 spiro atoms. The molecule has 0 saturated heterocycles. The third kappa shape index (κ3) is 3.40. The second-order valence-electron chi connectivity index (χ2n) is 7.32. The molecule has 1 aromatic carbocycles. The third-order valence-corrected chi connectivity index (χ3v) is 6.29. The molecule has 0 radical (unpaired) electrons. The third-order valence-electron chi connectivity index (χ3n) is 5.91. The van der Waals surface area contributed by atoms with Crippen molar-refractivity contribution < 1.29 is 9.53 Å². The first kappa shape index (κ1) is 18.2. The van der Waals surface area contributed by atoms with Gasteiger partial charge in [-0.25, -0.2) is 4.98 Å². The molecular weight excluding hydrogens is 410 g/mol. The number of anilines is 1. The van der Waals surface area contributed by atoms with E-state index in [-0.39, 0.29) is 29.3 Å². The molecule has 2 aromatic rings. The summed E-state index contributed by atoms with van der Waals surface area (Å²) in [5.74, 6) is 0.501. The van der Waals surface area contributed by atoms with E-state index in [1.807, 2.05) is 30.3 Å². The molecular formula is C20H22BrN3O3. The van der Waals surface area contributed by atoms with Crippen LogP contribution in [0.3, 0.4) is 0 Å². The van der Waals surface area contributed by atoms with Crippen molar-refractivity contribution in [1.82, 2.24) is 9.55 Å². The number of nitrogens with zero attached hydrogens (tertiary/aromatic N) is 2. The Bertz CT molecular complexity index is 891. The Labute approximate surface area is 166 Å². The lowest BCUT2D eigenvalue weighted by atomic mass is 9.61. The molecule has 142 valence electrons. The second kappa shape index (κ2) is 7.46. The molecule has 5 rings (SSSR count). The maximum atomic E-state index is 13.0. The Morgan fingerprint density at radius 2 is 1.85 bits per heavy atom.